The zero-order valence-corrected chi connectivity index (χ0v) is 16.6. The zero-order valence-electron chi connectivity index (χ0n) is 16.6. The third-order valence-corrected chi connectivity index (χ3v) is 5.22. The minimum atomic E-state index is -0.382. The maximum atomic E-state index is 13.1. The smallest absolute Gasteiger partial charge is 0.170 e. The monoisotopic (exact) mass is 384 g/mol. The molecule has 1 aliphatic rings. The first-order chi connectivity index (χ1) is 13.4. The van der Waals surface area contributed by atoms with Crippen LogP contribution in [0.25, 0.3) is 0 Å². The van der Waals surface area contributed by atoms with Gasteiger partial charge in [-0.2, -0.15) is 0 Å². The van der Waals surface area contributed by atoms with E-state index >= 15 is 0 Å². The number of carbonyl (C=O) groups excluding carboxylic acids is 2. The molecular weight excluding hydrogens is 359 g/mol. The summed E-state index contributed by atoms with van der Waals surface area (Å²) in [6.07, 6.45) is 3.47. The Morgan fingerprint density at radius 2 is 1.96 bits per heavy atom. The molecule has 1 aromatic heterocycles. The molecule has 0 amide bonds. The molecule has 0 radical (unpaired) electrons. The number of likely N-dealkylation sites (N-methyl/N-ethyl adjacent to an activating group) is 1. The first-order valence-corrected chi connectivity index (χ1v) is 9.48. The fourth-order valence-corrected chi connectivity index (χ4v) is 3.80. The van der Waals surface area contributed by atoms with Crippen molar-refractivity contribution in [2.24, 2.45) is 0 Å². The highest BCUT2D eigenvalue weighted by Gasteiger charge is 2.39. The summed E-state index contributed by atoms with van der Waals surface area (Å²) in [5.41, 5.74) is 1.20. The molecule has 0 fully saturated rings. The fourth-order valence-electron chi connectivity index (χ4n) is 3.80. The number of nitrogens with zero attached hydrogens (tertiary/aromatic N) is 4. The Morgan fingerprint density at radius 1 is 1.29 bits per heavy atom. The van der Waals surface area contributed by atoms with Gasteiger partial charge in [0.15, 0.2) is 11.6 Å². The molecule has 2 unspecified atom stereocenters. The highest BCUT2D eigenvalue weighted by molar-refractivity contribution is 5.97. The van der Waals surface area contributed by atoms with Gasteiger partial charge >= 0.3 is 0 Å². The molecule has 1 aliphatic heterocycles. The van der Waals surface area contributed by atoms with Crippen LogP contribution in [0.1, 0.15) is 43.4 Å². The molecule has 3 rings (SSSR count). The van der Waals surface area contributed by atoms with Crippen molar-refractivity contribution in [1.82, 2.24) is 9.97 Å². The number of fused-ring (bicyclic) bond motifs is 1. The molecule has 0 N–H and O–H groups in total. The highest BCUT2D eigenvalue weighted by atomic mass is 19.1. The van der Waals surface area contributed by atoms with Crippen LogP contribution < -0.4 is 9.80 Å². The summed E-state index contributed by atoms with van der Waals surface area (Å²) in [4.78, 5) is 37.3. The quantitative estimate of drug-likeness (QED) is 0.563. The second kappa shape index (κ2) is 8.04. The molecule has 0 bridgehead atoms. The Bertz CT molecular complexity index is 869. The van der Waals surface area contributed by atoms with Crippen LogP contribution in [0.2, 0.25) is 0 Å². The van der Waals surface area contributed by atoms with Crippen molar-refractivity contribution in [3.63, 3.8) is 0 Å². The molecule has 148 valence electrons. The van der Waals surface area contributed by atoms with Gasteiger partial charge in [0.1, 0.15) is 24.0 Å². The van der Waals surface area contributed by atoms with Crippen molar-refractivity contribution >= 4 is 23.6 Å². The third-order valence-electron chi connectivity index (χ3n) is 5.22. The van der Waals surface area contributed by atoms with Crippen LogP contribution in [0.3, 0.4) is 0 Å². The van der Waals surface area contributed by atoms with Crippen LogP contribution in [0, 0.1) is 5.82 Å². The lowest BCUT2D eigenvalue weighted by Gasteiger charge is -2.47. The van der Waals surface area contributed by atoms with Crippen LogP contribution in [-0.4, -0.2) is 47.2 Å². The molecule has 28 heavy (non-hydrogen) atoms. The van der Waals surface area contributed by atoms with E-state index in [1.807, 2.05) is 11.9 Å². The van der Waals surface area contributed by atoms with Crippen LogP contribution >= 0.6 is 0 Å². The number of aromatic nitrogens is 2. The standard InChI is InChI=1S/C21H25FN4O2/c1-5-16-18(12-27)25(4)17-11-23-20(24-21(17)26(16)13(2)3)10-19(28)14-6-8-15(22)9-7-14/h6-9,11-13,16,18H,5,10H2,1-4H3. The van der Waals surface area contributed by atoms with Gasteiger partial charge < -0.3 is 14.6 Å². The van der Waals surface area contributed by atoms with Gasteiger partial charge in [0.2, 0.25) is 0 Å². The van der Waals surface area contributed by atoms with E-state index in [1.165, 1.54) is 24.3 Å². The maximum absolute atomic E-state index is 13.1. The number of hydrogen-bond acceptors (Lipinski definition) is 6. The predicted molar refractivity (Wildman–Crippen MR) is 106 cm³/mol. The van der Waals surface area contributed by atoms with Gasteiger partial charge in [-0.3, -0.25) is 4.79 Å². The van der Waals surface area contributed by atoms with Crippen molar-refractivity contribution in [2.45, 2.75) is 51.7 Å². The van der Waals surface area contributed by atoms with Gasteiger partial charge in [-0.25, -0.2) is 14.4 Å². The molecule has 2 heterocycles. The SMILES string of the molecule is CCC1C(C=O)N(C)c2cnc(CC(=O)c3ccc(F)cc3)nc2N1C(C)C. The Balaban J connectivity index is 1.96. The summed E-state index contributed by atoms with van der Waals surface area (Å²) in [6, 6.07) is 5.30. The van der Waals surface area contributed by atoms with E-state index in [4.69, 9.17) is 0 Å². The van der Waals surface area contributed by atoms with Gasteiger partial charge in [-0.05, 0) is 44.5 Å². The van der Waals surface area contributed by atoms with E-state index in [2.05, 4.69) is 35.6 Å². The van der Waals surface area contributed by atoms with E-state index < -0.39 is 0 Å². The number of carbonyl (C=O) groups is 2. The van der Waals surface area contributed by atoms with Gasteiger partial charge in [0.25, 0.3) is 0 Å². The number of rotatable bonds is 6. The second-order valence-corrected chi connectivity index (χ2v) is 7.32. The fraction of sp³-hybridized carbons (Fsp3) is 0.429. The summed E-state index contributed by atoms with van der Waals surface area (Å²) in [5, 5.41) is 0. The van der Waals surface area contributed by atoms with E-state index in [0.717, 1.165) is 24.2 Å². The maximum Gasteiger partial charge on any atom is 0.170 e. The van der Waals surface area contributed by atoms with Crippen LogP contribution in [0.4, 0.5) is 15.9 Å². The van der Waals surface area contributed by atoms with Crippen LogP contribution in [0.15, 0.2) is 30.5 Å². The minimum Gasteiger partial charge on any atom is -0.359 e. The summed E-state index contributed by atoms with van der Waals surface area (Å²) in [6.45, 7) is 6.17. The van der Waals surface area contributed by atoms with Crippen LogP contribution in [0.5, 0.6) is 0 Å². The molecule has 2 atom stereocenters. The zero-order chi connectivity index (χ0) is 20.4. The number of hydrogen-bond donors (Lipinski definition) is 0. The van der Waals surface area contributed by atoms with E-state index in [1.54, 1.807) is 6.20 Å². The second-order valence-electron chi connectivity index (χ2n) is 7.32. The van der Waals surface area contributed by atoms with Crippen molar-refractivity contribution < 1.29 is 14.0 Å². The molecular formula is C21H25FN4O2. The van der Waals surface area contributed by atoms with E-state index in [-0.39, 0.29) is 36.1 Å². The van der Waals surface area contributed by atoms with Gasteiger partial charge in [-0.15, -0.1) is 0 Å². The van der Waals surface area contributed by atoms with Gasteiger partial charge in [0.05, 0.1) is 24.3 Å². The van der Waals surface area contributed by atoms with Crippen molar-refractivity contribution in [1.29, 1.82) is 0 Å². The first-order valence-electron chi connectivity index (χ1n) is 9.48. The molecule has 0 spiro atoms. The van der Waals surface area contributed by atoms with Crippen molar-refractivity contribution in [3.8, 4) is 0 Å². The number of ketones is 1. The van der Waals surface area contributed by atoms with Crippen molar-refractivity contribution in [2.75, 3.05) is 16.8 Å². The minimum absolute atomic E-state index is 0.00875. The molecule has 6 nitrogen and oxygen atoms in total. The number of benzene rings is 1. The highest BCUT2D eigenvalue weighted by Crippen LogP contribution is 2.37. The van der Waals surface area contributed by atoms with Crippen molar-refractivity contribution in [3.05, 3.63) is 47.7 Å². The summed E-state index contributed by atoms with van der Waals surface area (Å²) in [5.74, 6) is 0.594. The number of halogens is 1. The molecule has 0 aliphatic carbocycles. The summed E-state index contributed by atoms with van der Waals surface area (Å²) in [7, 11) is 1.87. The number of Topliss-reactive ketones (excluding diaryl/α,β-unsaturated/α-hetero) is 1. The number of aldehydes is 1. The molecule has 0 saturated carbocycles. The lowest BCUT2D eigenvalue weighted by atomic mass is 9.98. The molecule has 1 aromatic carbocycles. The van der Waals surface area contributed by atoms with Crippen LogP contribution in [-0.2, 0) is 11.2 Å². The van der Waals surface area contributed by atoms with E-state index in [0.29, 0.717) is 11.4 Å². The lowest BCUT2D eigenvalue weighted by molar-refractivity contribution is -0.109. The Kier molecular flexibility index (Phi) is 5.72. The predicted octanol–water partition coefficient (Wildman–Crippen LogP) is 3.05. The average Bonchev–Trinajstić information content (AvgIpc) is 2.67. The Morgan fingerprint density at radius 3 is 2.54 bits per heavy atom. The van der Waals surface area contributed by atoms with Gasteiger partial charge in [0, 0.05) is 18.7 Å². The lowest BCUT2D eigenvalue weighted by Crippen LogP contribution is -2.58. The van der Waals surface area contributed by atoms with Gasteiger partial charge in [-0.1, -0.05) is 6.92 Å². The Hall–Kier alpha value is -2.83. The Labute approximate surface area is 164 Å². The molecule has 2 aromatic rings. The summed E-state index contributed by atoms with van der Waals surface area (Å²) < 4.78 is 13.1. The number of anilines is 2. The normalized spacial score (nSPS) is 18.9. The van der Waals surface area contributed by atoms with E-state index in [9.17, 15) is 14.0 Å². The topological polar surface area (TPSA) is 66.4 Å². The largest absolute Gasteiger partial charge is 0.359 e. The first kappa shape index (κ1) is 19.9. The molecule has 0 saturated heterocycles. The molecule has 7 heteroatoms. The third kappa shape index (κ3) is 3.61. The average molecular weight is 384 g/mol. The summed E-state index contributed by atoms with van der Waals surface area (Å²) >= 11 is 0.